The molecule has 0 saturated heterocycles. The third-order valence-corrected chi connectivity index (χ3v) is 5.35. The molecule has 10 nitrogen and oxygen atoms in total. The van der Waals surface area contributed by atoms with E-state index in [4.69, 9.17) is 13.9 Å². The largest absolute Gasteiger partial charge is 0.496 e. The van der Waals surface area contributed by atoms with Gasteiger partial charge in [0.1, 0.15) is 23.1 Å². The third kappa shape index (κ3) is 5.57. The van der Waals surface area contributed by atoms with E-state index in [2.05, 4.69) is 10.6 Å². The summed E-state index contributed by atoms with van der Waals surface area (Å²) >= 11 is 0. The summed E-state index contributed by atoms with van der Waals surface area (Å²) in [5.74, 6) is -1.77. The van der Waals surface area contributed by atoms with Gasteiger partial charge in [-0.1, -0.05) is 20.3 Å². The Kier molecular flexibility index (Phi) is 8.22. The number of benzene rings is 1. The predicted molar refractivity (Wildman–Crippen MR) is 116 cm³/mol. The van der Waals surface area contributed by atoms with Gasteiger partial charge in [0, 0.05) is 12.1 Å². The van der Waals surface area contributed by atoms with Crippen LogP contribution in [0.15, 0.2) is 21.3 Å². The molecule has 1 heterocycles. The van der Waals surface area contributed by atoms with Gasteiger partial charge in [0.15, 0.2) is 0 Å². The Morgan fingerprint density at radius 2 is 1.84 bits per heavy atom. The molecular formula is C22H28N2O8. The number of rotatable bonds is 10. The topological polar surface area (TPSA) is 144 Å². The fraction of sp³-hybridized carbons (Fsp3) is 0.455. The van der Waals surface area contributed by atoms with E-state index in [-0.39, 0.29) is 23.5 Å². The van der Waals surface area contributed by atoms with Crippen LogP contribution in [0.2, 0.25) is 0 Å². The van der Waals surface area contributed by atoms with Crippen LogP contribution in [0, 0.1) is 12.8 Å². The molecule has 0 fully saturated rings. The average Bonchev–Trinajstić information content (AvgIpc) is 2.76. The Morgan fingerprint density at radius 1 is 1.16 bits per heavy atom. The van der Waals surface area contributed by atoms with Crippen LogP contribution < -0.4 is 25.7 Å². The van der Waals surface area contributed by atoms with Crippen molar-refractivity contribution >= 4 is 28.8 Å². The molecule has 2 atom stereocenters. The molecule has 0 aliphatic heterocycles. The molecule has 0 aliphatic rings. The first-order valence-corrected chi connectivity index (χ1v) is 10.1. The third-order valence-electron chi connectivity index (χ3n) is 5.35. The second-order valence-corrected chi connectivity index (χ2v) is 7.42. The Morgan fingerprint density at radius 3 is 2.41 bits per heavy atom. The van der Waals surface area contributed by atoms with Crippen LogP contribution in [0.1, 0.15) is 31.4 Å². The average molecular weight is 448 g/mol. The summed E-state index contributed by atoms with van der Waals surface area (Å²) in [7, 11) is 2.94. The molecule has 2 rings (SSSR count). The molecule has 0 saturated carbocycles. The fourth-order valence-corrected chi connectivity index (χ4v) is 3.27. The number of nitrogens with one attached hydrogen (secondary N) is 2. The van der Waals surface area contributed by atoms with Crippen molar-refractivity contribution in [2.24, 2.45) is 5.92 Å². The number of amides is 2. The fourth-order valence-electron chi connectivity index (χ4n) is 3.27. The van der Waals surface area contributed by atoms with Crippen molar-refractivity contribution in [1.82, 2.24) is 10.6 Å². The number of aryl methyl sites for hydroxylation is 1. The highest BCUT2D eigenvalue weighted by molar-refractivity contribution is 5.91. The highest BCUT2D eigenvalue weighted by atomic mass is 16.5. The molecule has 2 unspecified atom stereocenters. The van der Waals surface area contributed by atoms with Gasteiger partial charge in [0.25, 0.3) is 0 Å². The van der Waals surface area contributed by atoms with Gasteiger partial charge < -0.3 is 29.6 Å². The summed E-state index contributed by atoms with van der Waals surface area (Å²) in [4.78, 5) is 48.3. The Labute approximate surface area is 184 Å². The summed E-state index contributed by atoms with van der Waals surface area (Å²) in [5.41, 5.74) is 0.213. The van der Waals surface area contributed by atoms with E-state index in [0.717, 1.165) is 0 Å². The molecule has 2 amide bonds. The van der Waals surface area contributed by atoms with Gasteiger partial charge in [-0.15, -0.1) is 0 Å². The molecule has 10 heteroatoms. The Bertz CT molecular complexity index is 1080. The van der Waals surface area contributed by atoms with Crippen molar-refractivity contribution in [3.63, 3.8) is 0 Å². The van der Waals surface area contributed by atoms with Crippen molar-refractivity contribution in [2.45, 2.75) is 39.7 Å². The molecule has 0 spiro atoms. The lowest BCUT2D eigenvalue weighted by Crippen LogP contribution is -2.48. The zero-order valence-electron chi connectivity index (χ0n) is 18.7. The highest BCUT2D eigenvalue weighted by Gasteiger charge is 2.25. The van der Waals surface area contributed by atoms with Gasteiger partial charge in [-0.3, -0.25) is 9.59 Å². The maximum atomic E-state index is 12.5. The first kappa shape index (κ1) is 24.7. The smallest absolute Gasteiger partial charge is 0.340 e. The predicted octanol–water partition coefficient (Wildman–Crippen LogP) is 1.39. The normalized spacial score (nSPS) is 12.7. The molecule has 2 aromatic rings. The molecule has 3 N–H and O–H groups in total. The Balaban J connectivity index is 2.16. The number of hydrogen-bond donors (Lipinski definition) is 3. The highest BCUT2D eigenvalue weighted by Crippen LogP contribution is 2.33. The lowest BCUT2D eigenvalue weighted by Gasteiger charge is -2.20. The van der Waals surface area contributed by atoms with Crippen LogP contribution in [0.5, 0.6) is 11.5 Å². The number of fused-ring (bicyclic) bond motifs is 1. The van der Waals surface area contributed by atoms with Crippen molar-refractivity contribution in [1.29, 1.82) is 0 Å². The second-order valence-electron chi connectivity index (χ2n) is 7.42. The van der Waals surface area contributed by atoms with Crippen LogP contribution in [-0.4, -0.2) is 49.7 Å². The van der Waals surface area contributed by atoms with E-state index >= 15 is 0 Å². The Hall–Kier alpha value is -3.56. The zero-order valence-corrected chi connectivity index (χ0v) is 18.7. The monoisotopic (exact) mass is 448 g/mol. The van der Waals surface area contributed by atoms with Crippen LogP contribution in [0.3, 0.4) is 0 Å². The van der Waals surface area contributed by atoms with Gasteiger partial charge in [-0.25, -0.2) is 9.59 Å². The van der Waals surface area contributed by atoms with Crippen LogP contribution >= 0.6 is 0 Å². The van der Waals surface area contributed by atoms with E-state index in [1.165, 1.54) is 14.2 Å². The van der Waals surface area contributed by atoms with Gasteiger partial charge in [-0.05, 0) is 18.4 Å². The quantitative estimate of drug-likeness (QED) is 0.463. The second kappa shape index (κ2) is 10.7. The van der Waals surface area contributed by atoms with Crippen LogP contribution in [0.25, 0.3) is 11.0 Å². The number of ether oxygens (including phenoxy) is 2. The van der Waals surface area contributed by atoms with Crippen LogP contribution in [-0.2, 0) is 20.8 Å². The van der Waals surface area contributed by atoms with Crippen LogP contribution in [0.4, 0.5) is 0 Å². The molecule has 0 aliphatic carbocycles. The van der Waals surface area contributed by atoms with Gasteiger partial charge in [0.2, 0.25) is 11.8 Å². The molecule has 174 valence electrons. The zero-order chi connectivity index (χ0) is 24.0. The lowest BCUT2D eigenvalue weighted by atomic mass is 9.99. The summed E-state index contributed by atoms with van der Waals surface area (Å²) in [6.45, 7) is 4.78. The number of carboxylic acid groups (broad SMARTS) is 1. The first-order valence-electron chi connectivity index (χ1n) is 10.1. The maximum Gasteiger partial charge on any atom is 0.340 e. The number of carboxylic acids is 1. The molecular weight excluding hydrogens is 420 g/mol. The number of aliphatic carboxylic acids is 1. The first-order chi connectivity index (χ1) is 15.1. The van der Waals surface area contributed by atoms with Gasteiger partial charge >= 0.3 is 11.6 Å². The minimum atomic E-state index is -1.14. The van der Waals surface area contributed by atoms with E-state index in [0.29, 0.717) is 28.9 Å². The minimum absolute atomic E-state index is 0.127. The molecule has 0 bridgehead atoms. The summed E-state index contributed by atoms with van der Waals surface area (Å²) in [6.07, 6.45) is 0.246. The SMILES string of the molecule is CCC(C)C(NC(=O)CNC(=O)Cc1c(C)c2c(OC)cc(OC)cc2oc1=O)C(=O)O. The van der Waals surface area contributed by atoms with E-state index in [9.17, 15) is 24.3 Å². The van der Waals surface area contributed by atoms with E-state index < -0.39 is 36.0 Å². The number of methoxy groups -OCH3 is 2. The standard InChI is InChI=1S/C22H28N2O8/c1-6-11(2)20(21(27)28)24-18(26)10-23-17(25)9-14-12(3)19-15(31-5)7-13(30-4)8-16(19)32-22(14)29/h7-8,11,20H,6,9-10H2,1-5H3,(H,23,25)(H,24,26)(H,27,28). The number of carbonyl (C=O) groups is 3. The summed E-state index contributed by atoms with van der Waals surface area (Å²) in [5, 5.41) is 14.6. The molecule has 0 radical (unpaired) electrons. The van der Waals surface area contributed by atoms with Crippen molar-refractivity contribution in [3.05, 3.63) is 33.7 Å². The molecule has 1 aromatic carbocycles. The van der Waals surface area contributed by atoms with E-state index in [1.54, 1.807) is 26.0 Å². The summed E-state index contributed by atoms with van der Waals surface area (Å²) in [6, 6.07) is 2.14. The number of hydrogen-bond acceptors (Lipinski definition) is 7. The minimum Gasteiger partial charge on any atom is -0.496 e. The van der Waals surface area contributed by atoms with Crippen molar-refractivity contribution < 1.29 is 33.4 Å². The van der Waals surface area contributed by atoms with Gasteiger partial charge in [0.05, 0.1) is 38.1 Å². The van der Waals surface area contributed by atoms with Crippen molar-refractivity contribution in [3.8, 4) is 11.5 Å². The molecule has 1 aromatic heterocycles. The summed E-state index contributed by atoms with van der Waals surface area (Å²) < 4.78 is 15.9. The molecule has 32 heavy (non-hydrogen) atoms. The van der Waals surface area contributed by atoms with Gasteiger partial charge in [-0.2, -0.15) is 0 Å². The maximum absolute atomic E-state index is 12.5. The number of carbonyl (C=O) groups excluding carboxylic acids is 2. The van der Waals surface area contributed by atoms with E-state index in [1.807, 2.05) is 6.92 Å². The lowest BCUT2D eigenvalue weighted by molar-refractivity contribution is -0.143. The van der Waals surface area contributed by atoms with Crippen molar-refractivity contribution in [2.75, 3.05) is 20.8 Å².